The number of hydrogen-bond donors (Lipinski definition) is 2. The van der Waals surface area contributed by atoms with Crippen molar-refractivity contribution in [3.05, 3.63) is 52.0 Å². The van der Waals surface area contributed by atoms with E-state index >= 15 is 0 Å². The molecule has 2 N–H and O–H groups in total. The summed E-state index contributed by atoms with van der Waals surface area (Å²) in [5.41, 5.74) is 2.42. The van der Waals surface area contributed by atoms with Gasteiger partial charge in [-0.05, 0) is 48.2 Å². The molecule has 1 unspecified atom stereocenters. The smallest absolute Gasteiger partial charge is 0.126 e. The van der Waals surface area contributed by atoms with Crippen LogP contribution < -0.4 is 10.1 Å². The number of halogens is 2. The van der Waals surface area contributed by atoms with Gasteiger partial charge in [0.1, 0.15) is 5.75 Å². The first-order valence-corrected chi connectivity index (χ1v) is 12.0. The lowest BCUT2D eigenvalue weighted by Crippen LogP contribution is -2.49. The molecule has 2 fully saturated rings. The Labute approximate surface area is 195 Å². The van der Waals surface area contributed by atoms with Crippen molar-refractivity contribution in [2.24, 2.45) is 0 Å². The van der Waals surface area contributed by atoms with Crippen molar-refractivity contribution >= 4 is 23.2 Å². The SMILES string of the molecule is COc1ccc(C(CN2CCNCC2)C2(O)CCCCC2)cc1-c1ccc(Cl)c(Cl)c1. The second-order valence-corrected chi connectivity index (χ2v) is 9.67. The van der Waals surface area contributed by atoms with E-state index in [2.05, 4.69) is 22.3 Å². The highest BCUT2D eigenvalue weighted by atomic mass is 35.5. The first kappa shape index (κ1) is 22.9. The van der Waals surface area contributed by atoms with Crippen molar-refractivity contribution in [1.29, 1.82) is 0 Å². The van der Waals surface area contributed by atoms with Crippen LogP contribution in [0.25, 0.3) is 11.1 Å². The summed E-state index contributed by atoms with van der Waals surface area (Å²) in [7, 11) is 1.68. The summed E-state index contributed by atoms with van der Waals surface area (Å²) in [5.74, 6) is 0.844. The van der Waals surface area contributed by atoms with Crippen molar-refractivity contribution in [2.45, 2.75) is 43.6 Å². The van der Waals surface area contributed by atoms with Crippen LogP contribution in [0.1, 0.15) is 43.6 Å². The number of benzene rings is 2. The number of nitrogens with one attached hydrogen (secondary N) is 1. The zero-order valence-electron chi connectivity index (χ0n) is 18.2. The second-order valence-electron chi connectivity index (χ2n) is 8.86. The maximum Gasteiger partial charge on any atom is 0.126 e. The fraction of sp³-hybridized carbons (Fsp3) is 0.520. The van der Waals surface area contributed by atoms with E-state index in [0.717, 1.165) is 80.8 Å². The standard InChI is InChI=1S/C25H32Cl2N2O2/c1-31-24-8-6-19(15-20(24)18-5-7-22(26)23(27)16-18)21(17-29-13-11-28-12-14-29)25(30)9-3-2-4-10-25/h5-8,15-16,21,28,30H,2-4,9-14,17H2,1H3. The molecule has 0 aromatic heterocycles. The maximum absolute atomic E-state index is 11.8. The number of rotatable bonds is 6. The molecule has 4 rings (SSSR count). The number of methoxy groups -OCH3 is 1. The lowest BCUT2D eigenvalue weighted by Gasteiger charge is -2.42. The molecule has 0 radical (unpaired) electrons. The van der Waals surface area contributed by atoms with E-state index in [-0.39, 0.29) is 5.92 Å². The Kier molecular flexibility index (Phi) is 7.45. The third-order valence-electron chi connectivity index (χ3n) is 6.87. The lowest BCUT2D eigenvalue weighted by atomic mass is 9.72. The van der Waals surface area contributed by atoms with E-state index in [1.165, 1.54) is 6.42 Å². The third kappa shape index (κ3) is 5.20. The van der Waals surface area contributed by atoms with Crippen LogP contribution in [0.3, 0.4) is 0 Å². The first-order chi connectivity index (χ1) is 15.0. The molecule has 2 aliphatic rings. The maximum atomic E-state index is 11.8. The second kappa shape index (κ2) is 10.1. The van der Waals surface area contributed by atoms with Crippen LogP contribution >= 0.6 is 23.2 Å². The van der Waals surface area contributed by atoms with Gasteiger partial charge in [-0.15, -0.1) is 0 Å². The first-order valence-electron chi connectivity index (χ1n) is 11.3. The highest BCUT2D eigenvalue weighted by Gasteiger charge is 2.40. The summed E-state index contributed by atoms with van der Waals surface area (Å²) in [6.07, 6.45) is 5.10. The molecule has 1 aliphatic heterocycles. The van der Waals surface area contributed by atoms with Gasteiger partial charge in [-0.3, -0.25) is 0 Å². The Morgan fingerprint density at radius 1 is 1.03 bits per heavy atom. The minimum Gasteiger partial charge on any atom is -0.496 e. The van der Waals surface area contributed by atoms with Crippen LogP contribution in [0.15, 0.2) is 36.4 Å². The molecule has 2 aromatic rings. The average molecular weight is 463 g/mol. The normalized spacial score (nSPS) is 20.4. The number of ether oxygens (including phenoxy) is 1. The van der Waals surface area contributed by atoms with Crippen LogP contribution in [0.2, 0.25) is 10.0 Å². The van der Waals surface area contributed by atoms with Gasteiger partial charge >= 0.3 is 0 Å². The molecule has 1 saturated carbocycles. The Hall–Kier alpha value is -1.30. The molecule has 1 saturated heterocycles. The van der Waals surface area contributed by atoms with Crippen LogP contribution in [0, 0.1) is 0 Å². The van der Waals surface area contributed by atoms with E-state index in [4.69, 9.17) is 27.9 Å². The minimum atomic E-state index is -0.674. The van der Waals surface area contributed by atoms with Crippen molar-refractivity contribution < 1.29 is 9.84 Å². The largest absolute Gasteiger partial charge is 0.496 e. The molecular formula is C25H32Cl2N2O2. The minimum absolute atomic E-state index is 0.0540. The van der Waals surface area contributed by atoms with Gasteiger partial charge in [-0.25, -0.2) is 0 Å². The van der Waals surface area contributed by atoms with Crippen molar-refractivity contribution in [1.82, 2.24) is 10.2 Å². The molecule has 4 nitrogen and oxygen atoms in total. The molecule has 0 spiro atoms. The molecule has 168 valence electrons. The van der Waals surface area contributed by atoms with Crippen molar-refractivity contribution in [3.8, 4) is 16.9 Å². The summed E-state index contributed by atoms with van der Waals surface area (Å²) in [4.78, 5) is 2.48. The Balaban J connectivity index is 1.73. The van der Waals surface area contributed by atoms with E-state index in [0.29, 0.717) is 10.0 Å². The summed E-state index contributed by atoms with van der Waals surface area (Å²) < 4.78 is 5.67. The third-order valence-corrected chi connectivity index (χ3v) is 7.61. The molecule has 0 amide bonds. The molecule has 6 heteroatoms. The van der Waals surface area contributed by atoms with E-state index < -0.39 is 5.60 Å². The predicted octanol–water partition coefficient (Wildman–Crippen LogP) is 5.35. The molecule has 1 heterocycles. The van der Waals surface area contributed by atoms with Crippen LogP contribution in [0.4, 0.5) is 0 Å². The van der Waals surface area contributed by atoms with Gasteiger partial charge in [-0.2, -0.15) is 0 Å². The van der Waals surface area contributed by atoms with Gasteiger partial charge in [0.05, 0.1) is 22.8 Å². The summed E-state index contributed by atoms with van der Waals surface area (Å²) in [6, 6.07) is 12.0. The van der Waals surface area contributed by atoms with Gasteiger partial charge < -0.3 is 20.1 Å². The van der Waals surface area contributed by atoms with Gasteiger partial charge in [0.15, 0.2) is 0 Å². The fourth-order valence-corrected chi connectivity index (χ4v) is 5.38. The zero-order chi connectivity index (χ0) is 21.8. The molecule has 1 atom stereocenters. The summed E-state index contributed by atoms with van der Waals surface area (Å²) in [6.45, 7) is 4.90. The van der Waals surface area contributed by atoms with Crippen LogP contribution in [-0.4, -0.2) is 55.4 Å². The molecule has 31 heavy (non-hydrogen) atoms. The van der Waals surface area contributed by atoms with Crippen molar-refractivity contribution in [2.75, 3.05) is 39.8 Å². The molecule has 2 aromatic carbocycles. The molecular weight excluding hydrogens is 431 g/mol. The average Bonchev–Trinajstić information content (AvgIpc) is 2.80. The Morgan fingerprint density at radius 2 is 1.77 bits per heavy atom. The Morgan fingerprint density at radius 3 is 2.45 bits per heavy atom. The monoisotopic (exact) mass is 462 g/mol. The van der Waals surface area contributed by atoms with Crippen molar-refractivity contribution in [3.63, 3.8) is 0 Å². The number of piperazine rings is 1. The number of aliphatic hydroxyl groups is 1. The highest BCUT2D eigenvalue weighted by molar-refractivity contribution is 6.42. The molecule has 0 bridgehead atoms. The van der Waals surface area contributed by atoms with Gasteiger partial charge in [0.25, 0.3) is 0 Å². The zero-order valence-corrected chi connectivity index (χ0v) is 19.7. The van der Waals surface area contributed by atoms with E-state index in [1.54, 1.807) is 7.11 Å². The van der Waals surface area contributed by atoms with E-state index in [9.17, 15) is 5.11 Å². The van der Waals surface area contributed by atoms with Crippen LogP contribution in [-0.2, 0) is 0 Å². The van der Waals surface area contributed by atoms with Gasteiger partial charge in [0.2, 0.25) is 0 Å². The lowest BCUT2D eigenvalue weighted by molar-refractivity contribution is -0.0316. The highest BCUT2D eigenvalue weighted by Crippen LogP contribution is 2.43. The number of nitrogens with zero attached hydrogens (tertiary/aromatic N) is 1. The fourth-order valence-electron chi connectivity index (χ4n) is 5.08. The predicted molar refractivity (Wildman–Crippen MR) is 129 cm³/mol. The quantitative estimate of drug-likeness (QED) is 0.606. The van der Waals surface area contributed by atoms with Gasteiger partial charge in [0, 0.05) is 44.2 Å². The van der Waals surface area contributed by atoms with E-state index in [1.807, 2.05) is 24.3 Å². The van der Waals surface area contributed by atoms with Crippen LogP contribution in [0.5, 0.6) is 5.75 Å². The summed E-state index contributed by atoms with van der Waals surface area (Å²) in [5, 5.41) is 16.3. The number of hydrogen-bond acceptors (Lipinski definition) is 4. The molecule has 1 aliphatic carbocycles. The Bertz CT molecular complexity index is 893. The van der Waals surface area contributed by atoms with Gasteiger partial charge in [-0.1, -0.05) is 54.6 Å². The topological polar surface area (TPSA) is 44.7 Å². The summed E-state index contributed by atoms with van der Waals surface area (Å²) >= 11 is 12.5.